The molecule has 1 aliphatic rings. The highest BCUT2D eigenvalue weighted by Gasteiger charge is 2.34. The van der Waals surface area contributed by atoms with E-state index in [1.54, 1.807) is 50.4 Å². The SMILES string of the molecule is COc1cc2c(cc1OC)C(c1ccc(F)cc1)N(C(=O)N[C@H](C)C(=O)NCc1ccccn1)CC2. The molecule has 2 atom stereocenters. The maximum absolute atomic E-state index is 13.7. The van der Waals surface area contributed by atoms with E-state index in [9.17, 15) is 14.0 Å². The lowest BCUT2D eigenvalue weighted by Crippen LogP contribution is -2.52. The topological polar surface area (TPSA) is 92.8 Å². The second kappa shape index (κ2) is 11.1. The minimum Gasteiger partial charge on any atom is -0.493 e. The Kier molecular flexibility index (Phi) is 7.68. The molecular weight excluding hydrogens is 463 g/mol. The Bertz CT molecular complexity index is 1220. The molecular formula is C27H29FN4O4. The van der Waals surface area contributed by atoms with Crippen molar-refractivity contribution in [2.45, 2.75) is 32.0 Å². The van der Waals surface area contributed by atoms with Crippen molar-refractivity contribution < 1.29 is 23.5 Å². The van der Waals surface area contributed by atoms with E-state index in [1.165, 1.54) is 12.1 Å². The molecule has 0 saturated carbocycles. The summed E-state index contributed by atoms with van der Waals surface area (Å²) in [6, 6.07) is 13.6. The first-order valence-electron chi connectivity index (χ1n) is 11.7. The zero-order chi connectivity index (χ0) is 25.7. The van der Waals surface area contributed by atoms with E-state index in [0.29, 0.717) is 24.5 Å². The number of nitrogens with one attached hydrogen (secondary N) is 2. The number of fused-ring (bicyclic) bond motifs is 1. The molecule has 0 aliphatic carbocycles. The molecule has 4 rings (SSSR count). The first-order valence-corrected chi connectivity index (χ1v) is 11.7. The minimum absolute atomic E-state index is 0.261. The number of carbonyl (C=O) groups excluding carboxylic acids is 2. The first-order chi connectivity index (χ1) is 17.4. The van der Waals surface area contributed by atoms with Gasteiger partial charge in [0.15, 0.2) is 11.5 Å². The van der Waals surface area contributed by atoms with Crippen LogP contribution in [-0.2, 0) is 17.8 Å². The lowest BCUT2D eigenvalue weighted by Gasteiger charge is -2.38. The van der Waals surface area contributed by atoms with E-state index in [2.05, 4.69) is 15.6 Å². The second-order valence-electron chi connectivity index (χ2n) is 8.51. The summed E-state index contributed by atoms with van der Waals surface area (Å²) in [5.74, 6) is 0.450. The first kappa shape index (κ1) is 25.0. The molecule has 36 heavy (non-hydrogen) atoms. The van der Waals surface area contributed by atoms with Gasteiger partial charge in [-0.3, -0.25) is 9.78 Å². The Labute approximate surface area is 209 Å². The fourth-order valence-electron chi connectivity index (χ4n) is 4.34. The Hall–Kier alpha value is -4.14. The number of amides is 3. The van der Waals surface area contributed by atoms with Gasteiger partial charge in [0.1, 0.15) is 11.9 Å². The number of aromatic nitrogens is 1. The molecule has 0 saturated heterocycles. The van der Waals surface area contributed by atoms with Crippen LogP contribution in [0.4, 0.5) is 9.18 Å². The third-order valence-electron chi connectivity index (χ3n) is 6.22. The van der Waals surface area contributed by atoms with Crippen molar-refractivity contribution in [1.82, 2.24) is 20.5 Å². The molecule has 188 valence electrons. The lowest BCUT2D eigenvalue weighted by molar-refractivity contribution is -0.122. The average molecular weight is 493 g/mol. The Morgan fingerprint density at radius 1 is 1.11 bits per heavy atom. The van der Waals surface area contributed by atoms with Gasteiger partial charge in [0.2, 0.25) is 5.91 Å². The molecule has 3 amide bonds. The highest BCUT2D eigenvalue weighted by molar-refractivity contribution is 5.87. The summed E-state index contributed by atoms with van der Waals surface area (Å²) < 4.78 is 24.7. The van der Waals surface area contributed by atoms with Crippen LogP contribution in [-0.4, -0.2) is 48.6 Å². The van der Waals surface area contributed by atoms with Gasteiger partial charge in [-0.05, 0) is 66.4 Å². The van der Waals surface area contributed by atoms with Crippen LogP contribution in [0, 0.1) is 5.82 Å². The van der Waals surface area contributed by atoms with Crippen LogP contribution in [0.5, 0.6) is 11.5 Å². The van der Waals surface area contributed by atoms with Crippen molar-refractivity contribution in [2.75, 3.05) is 20.8 Å². The van der Waals surface area contributed by atoms with Gasteiger partial charge in [0, 0.05) is 12.7 Å². The van der Waals surface area contributed by atoms with Crippen molar-refractivity contribution in [3.8, 4) is 11.5 Å². The third kappa shape index (κ3) is 5.40. The van der Waals surface area contributed by atoms with Crippen LogP contribution >= 0.6 is 0 Å². The molecule has 2 aromatic carbocycles. The number of carbonyl (C=O) groups is 2. The van der Waals surface area contributed by atoms with E-state index in [-0.39, 0.29) is 18.3 Å². The van der Waals surface area contributed by atoms with Gasteiger partial charge in [-0.2, -0.15) is 0 Å². The van der Waals surface area contributed by atoms with Crippen LogP contribution in [0.1, 0.15) is 35.3 Å². The number of methoxy groups -OCH3 is 2. The molecule has 1 unspecified atom stereocenters. The van der Waals surface area contributed by atoms with Gasteiger partial charge in [-0.1, -0.05) is 18.2 Å². The summed E-state index contributed by atoms with van der Waals surface area (Å²) in [6.45, 7) is 2.29. The number of nitrogens with zero attached hydrogens (tertiary/aromatic N) is 2. The van der Waals surface area contributed by atoms with Gasteiger partial charge in [0.25, 0.3) is 0 Å². The molecule has 0 spiro atoms. The highest BCUT2D eigenvalue weighted by Crippen LogP contribution is 2.41. The quantitative estimate of drug-likeness (QED) is 0.526. The molecule has 3 aromatic rings. The number of halogens is 1. The molecule has 2 heterocycles. The molecule has 2 N–H and O–H groups in total. The fraction of sp³-hybridized carbons (Fsp3) is 0.296. The van der Waals surface area contributed by atoms with Gasteiger partial charge < -0.3 is 25.0 Å². The van der Waals surface area contributed by atoms with E-state index >= 15 is 0 Å². The smallest absolute Gasteiger partial charge is 0.318 e. The summed E-state index contributed by atoms with van der Waals surface area (Å²) in [5, 5.41) is 5.60. The Balaban J connectivity index is 1.57. The zero-order valence-electron chi connectivity index (χ0n) is 20.5. The molecule has 9 heteroatoms. The molecule has 0 fully saturated rings. The Morgan fingerprint density at radius 2 is 1.83 bits per heavy atom. The number of ether oxygens (including phenoxy) is 2. The van der Waals surface area contributed by atoms with E-state index < -0.39 is 18.1 Å². The van der Waals surface area contributed by atoms with Gasteiger partial charge >= 0.3 is 6.03 Å². The number of urea groups is 1. The van der Waals surface area contributed by atoms with Gasteiger partial charge in [0.05, 0.1) is 32.5 Å². The standard InChI is InChI=1S/C27H29FN4O4/c1-17(26(33)30-16-21-6-4-5-12-29-21)31-27(34)32-13-11-19-14-23(35-2)24(36-3)15-22(19)25(32)18-7-9-20(28)10-8-18/h4-10,12,14-15,17,25H,11,13,16H2,1-3H3,(H,30,33)(H,31,34)/t17-,25?/m1/s1. The predicted molar refractivity (Wildman–Crippen MR) is 132 cm³/mol. The van der Waals surface area contributed by atoms with Crippen LogP contribution in [0.2, 0.25) is 0 Å². The van der Waals surface area contributed by atoms with Crippen molar-refractivity contribution >= 4 is 11.9 Å². The summed E-state index contributed by atoms with van der Waals surface area (Å²) in [5.41, 5.74) is 3.32. The monoisotopic (exact) mass is 492 g/mol. The summed E-state index contributed by atoms with van der Waals surface area (Å²) in [7, 11) is 3.13. The maximum atomic E-state index is 13.7. The van der Waals surface area contributed by atoms with Gasteiger partial charge in [-0.25, -0.2) is 9.18 Å². The maximum Gasteiger partial charge on any atom is 0.318 e. The zero-order valence-corrected chi connectivity index (χ0v) is 20.5. The summed E-state index contributed by atoms with van der Waals surface area (Å²) in [6.07, 6.45) is 2.24. The number of rotatable bonds is 7. The number of hydrogen-bond donors (Lipinski definition) is 2. The van der Waals surface area contributed by atoms with Crippen LogP contribution in [0.25, 0.3) is 0 Å². The van der Waals surface area contributed by atoms with Crippen molar-refractivity contribution in [1.29, 1.82) is 0 Å². The van der Waals surface area contributed by atoms with Crippen molar-refractivity contribution in [3.05, 3.63) is 89.0 Å². The van der Waals surface area contributed by atoms with E-state index in [1.807, 2.05) is 24.3 Å². The molecule has 1 aliphatic heterocycles. The van der Waals surface area contributed by atoms with Crippen LogP contribution in [0.15, 0.2) is 60.8 Å². The average Bonchev–Trinajstić information content (AvgIpc) is 2.91. The van der Waals surface area contributed by atoms with Crippen LogP contribution < -0.4 is 20.1 Å². The highest BCUT2D eigenvalue weighted by atomic mass is 19.1. The summed E-state index contributed by atoms with van der Waals surface area (Å²) in [4.78, 5) is 31.9. The lowest BCUT2D eigenvalue weighted by atomic mass is 9.88. The van der Waals surface area contributed by atoms with Crippen molar-refractivity contribution in [2.24, 2.45) is 0 Å². The van der Waals surface area contributed by atoms with Crippen LogP contribution in [0.3, 0.4) is 0 Å². The number of benzene rings is 2. The largest absolute Gasteiger partial charge is 0.493 e. The normalized spacial score (nSPS) is 15.4. The molecule has 8 nitrogen and oxygen atoms in total. The molecule has 0 bridgehead atoms. The van der Waals surface area contributed by atoms with Crippen molar-refractivity contribution in [3.63, 3.8) is 0 Å². The Morgan fingerprint density at radius 3 is 2.50 bits per heavy atom. The second-order valence-corrected chi connectivity index (χ2v) is 8.51. The van der Waals surface area contributed by atoms with E-state index in [0.717, 1.165) is 22.4 Å². The predicted octanol–water partition coefficient (Wildman–Crippen LogP) is 3.60. The number of hydrogen-bond acceptors (Lipinski definition) is 5. The molecule has 0 radical (unpaired) electrons. The van der Waals surface area contributed by atoms with Gasteiger partial charge in [-0.15, -0.1) is 0 Å². The minimum atomic E-state index is -0.776. The summed E-state index contributed by atoms with van der Waals surface area (Å²) >= 11 is 0. The number of pyridine rings is 1. The fourth-order valence-corrected chi connectivity index (χ4v) is 4.34. The van der Waals surface area contributed by atoms with E-state index in [4.69, 9.17) is 9.47 Å². The third-order valence-corrected chi connectivity index (χ3v) is 6.22. The molecule has 1 aromatic heterocycles.